The summed E-state index contributed by atoms with van der Waals surface area (Å²) in [7, 11) is -3.92. The van der Waals surface area contributed by atoms with Gasteiger partial charge in [-0.25, -0.2) is 0 Å². The normalized spacial score (nSPS) is 18.9. The second-order valence-corrected chi connectivity index (χ2v) is 15.7. The lowest BCUT2D eigenvalue weighted by Gasteiger charge is -2.29. The Balaban J connectivity index is 5.24. The van der Waals surface area contributed by atoms with E-state index >= 15 is 0 Å². The Morgan fingerprint density at radius 1 is 0.750 bits per heavy atom. The second-order valence-electron chi connectivity index (χ2n) is 6.82. The van der Waals surface area contributed by atoms with Crippen molar-refractivity contribution in [1.29, 1.82) is 10.5 Å². The van der Waals surface area contributed by atoms with Crippen LogP contribution in [0.3, 0.4) is 0 Å². The van der Waals surface area contributed by atoms with Gasteiger partial charge in [0.25, 0.3) is 11.4 Å². The highest BCUT2D eigenvalue weighted by molar-refractivity contribution is 6.70. The van der Waals surface area contributed by atoms with Crippen molar-refractivity contribution >= 4 is 16.6 Å². The molecule has 0 N–H and O–H groups in total. The fraction of sp³-hybridized carbons (Fsp3) is 0.833. The van der Waals surface area contributed by atoms with Crippen LogP contribution >= 0.6 is 0 Å². The highest BCUT2D eigenvalue weighted by atomic mass is 28.4. The molecule has 20 heavy (non-hydrogen) atoms. The van der Waals surface area contributed by atoms with E-state index in [0.29, 0.717) is 0 Å². The maximum absolute atomic E-state index is 9.23. The summed E-state index contributed by atoms with van der Waals surface area (Å²) in [5, 5.41) is 26.3. The van der Waals surface area contributed by atoms with Gasteiger partial charge in [-0.1, -0.05) is 0 Å². The van der Waals surface area contributed by atoms with Gasteiger partial charge in [-0.05, 0) is 39.3 Å². The number of hydrogen-bond donors (Lipinski definition) is 0. The summed E-state index contributed by atoms with van der Waals surface area (Å²) in [6.07, 6.45) is 0. The van der Waals surface area contributed by atoms with Gasteiger partial charge in [0.05, 0.1) is 0 Å². The average Bonchev–Trinajstić information content (AvgIpc) is 2.22. The molecule has 0 fully saturated rings. The Morgan fingerprint density at radius 2 is 1.00 bits per heavy atom. The molecule has 0 bridgehead atoms. The van der Waals surface area contributed by atoms with Crippen LogP contribution in [0.2, 0.25) is 39.3 Å². The third-order valence-corrected chi connectivity index (χ3v) is 3.88. The zero-order chi connectivity index (χ0) is 16.2. The third-order valence-electron chi connectivity index (χ3n) is 1.86. The average molecular weight is 313 g/mol. The highest BCUT2D eigenvalue weighted by Crippen LogP contribution is 2.24. The van der Waals surface area contributed by atoms with E-state index in [1.807, 2.05) is 51.4 Å². The molecular formula is C12H24N4O2Si2. The van der Waals surface area contributed by atoms with Crippen molar-refractivity contribution in [2.45, 2.75) is 64.6 Å². The van der Waals surface area contributed by atoms with Crippen LogP contribution in [0.25, 0.3) is 0 Å². The molecule has 2 unspecified atom stereocenters. The molecule has 0 radical (unpaired) electrons. The van der Waals surface area contributed by atoms with Crippen molar-refractivity contribution in [2.24, 2.45) is 10.2 Å². The molecule has 112 valence electrons. The van der Waals surface area contributed by atoms with Crippen molar-refractivity contribution in [2.75, 3.05) is 0 Å². The van der Waals surface area contributed by atoms with Crippen LogP contribution in [0, 0.1) is 22.7 Å². The molecule has 0 aromatic rings. The molecule has 0 saturated carbocycles. The largest absolute Gasteiger partial charge is 0.382 e. The second kappa shape index (κ2) is 6.14. The quantitative estimate of drug-likeness (QED) is 0.553. The number of rotatable bonds is 6. The molecule has 2 atom stereocenters. The number of hydrogen-bond acceptors (Lipinski definition) is 6. The lowest BCUT2D eigenvalue weighted by molar-refractivity contribution is 0.103. The minimum Gasteiger partial charge on any atom is -0.382 e. The summed E-state index contributed by atoms with van der Waals surface area (Å²) in [6.45, 7) is 14.8. The van der Waals surface area contributed by atoms with Gasteiger partial charge in [-0.15, -0.1) is 10.2 Å². The summed E-state index contributed by atoms with van der Waals surface area (Å²) in [4.78, 5) is 0. The molecule has 8 heteroatoms. The van der Waals surface area contributed by atoms with E-state index in [1.165, 1.54) is 0 Å². The first-order valence-electron chi connectivity index (χ1n) is 6.41. The van der Waals surface area contributed by atoms with Crippen molar-refractivity contribution in [3.05, 3.63) is 0 Å². The first kappa shape index (κ1) is 18.9. The van der Waals surface area contributed by atoms with E-state index < -0.39 is 28.1 Å². The van der Waals surface area contributed by atoms with E-state index in [1.54, 1.807) is 13.8 Å². The van der Waals surface area contributed by atoms with Gasteiger partial charge in [-0.3, -0.25) is 0 Å². The zero-order valence-electron chi connectivity index (χ0n) is 13.6. The Kier molecular flexibility index (Phi) is 5.82. The first-order valence-corrected chi connectivity index (χ1v) is 13.2. The fourth-order valence-electron chi connectivity index (χ4n) is 1.51. The van der Waals surface area contributed by atoms with Gasteiger partial charge in [-0.2, -0.15) is 10.5 Å². The van der Waals surface area contributed by atoms with Crippen LogP contribution in [-0.2, 0) is 8.85 Å². The molecule has 0 aromatic carbocycles. The lowest BCUT2D eigenvalue weighted by atomic mass is 10.3. The number of nitriles is 2. The SMILES string of the molecule is CC(C#N)(/N=N/C(C)(C#N)O[Si](C)(C)C)O[Si](C)(C)C. The fourth-order valence-corrected chi connectivity index (χ4v) is 4.07. The molecule has 0 aliphatic carbocycles. The topological polar surface area (TPSA) is 90.8 Å². The summed E-state index contributed by atoms with van der Waals surface area (Å²) >= 11 is 0. The maximum atomic E-state index is 9.23. The molecule has 0 amide bonds. The predicted octanol–water partition coefficient (Wildman–Crippen LogP) is 3.62. The smallest absolute Gasteiger partial charge is 0.254 e. The Hall–Kier alpha value is -1.07. The minimum atomic E-state index is -1.96. The summed E-state index contributed by atoms with van der Waals surface area (Å²) in [5.74, 6) is 0. The Labute approximate surface area is 123 Å². The molecule has 0 aliphatic rings. The molecule has 0 rings (SSSR count). The van der Waals surface area contributed by atoms with Crippen molar-refractivity contribution < 1.29 is 8.85 Å². The first-order chi connectivity index (χ1) is 8.74. The van der Waals surface area contributed by atoms with Crippen molar-refractivity contribution in [1.82, 2.24) is 0 Å². The van der Waals surface area contributed by atoms with E-state index in [-0.39, 0.29) is 0 Å². The van der Waals surface area contributed by atoms with Gasteiger partial charge in [0.2, 0.25) is 0 Å². The van der Waals surface area contributed by atoms with Gasteiger partial charge < -0.3 is 8.85 Å². The molecule has 0 aliphatic heterocycles. The zero-order valence-corrected chi connectivity index (χ0v) is 15.6. The molecule has 0 spiro atoms. The van der Waals surface area contributed by atoms with E-state index in [0.717, 1.165) is 0 Å². The summed E-state index contributed by atoms with van der Waals surface area (Å²) in [6, 6.07) is 3.99. The Morgan fingerprint density at radius 3 is 1.15 bits per heavy atom. The van der Waals surface area contributed by atoms with Crippen molar-refractivity contribution in [3.63, 3.8) is 0 Å². The van der Waals surface area contributed by atoms with Gasteiger partial charge in [0, 0.05) is 13.8 Å². The van der Waals surface area contributed by atoms with Gasteiger partial charge >= 0.3 is 0 Å². The van der Waals surface area contributed by atoms with Crippen LogP contribution in [0.4, 0.5) is 0 Å². The summed E-state index contributed by atoms with van der Waals surface area (Å²) in [5.41, 5.74) is -2.77. The highest BCUT2D eigenvalue weighted by Gasteiger charge is 2.36. The van der Waals surface area contributed by atoms with Crippen LogP contribution in [0.1, 0.15) is 13.8 Å². The van der Waals surface area contributed by atoms with Crippen LogP contribution in [0.15, 0.2) is 10.2 Å². The monoisotopic (exact) mass is 312 g/mol. The predicted molar refractivity (Wildman–Crippen MR) is 81.8 cm³/mol. The molecular weight excluding hydrogens is 288 g/mol. The maximum Gasteiger partial charge on any atom is 0.254 e. The van der Waals surface area contributed by atoms with Gasteiger partial charge in [0.1, 0.15) is 12.1 Å². The van der Waals surface area contributed by atoms with E-state index in [4.69, 9.17) is 8.85 Å². The Bertz CT molecular complexity index is 414. The molecule has 6 nitrogen and oxygen atoms in total. The minimum absolute atomic E-state index is 1.38. The van der Waals surface area contributed by atoms with Crippen LogP contribution < -0.4 is 0 Å². The summed E-state index contributed by atoms with van der Waals surface area (Å²) < 4.78 is 11.4. The molecule has 0 saturated heterocycles. The van der Waals surface area contributed by atoms with Crippen LogP contribution in [0.5, 0.6) is 0 Å². The molecule has 0 aromatic heterocycles. The third kappa shape index (κ3) is 7.51. The number of azo groups is 1. The standard InChI is InChI=1S/C12H24N4O2Si2/c1-11(9-13,17-19(3,4)5)15-16-12(2,10-14)18-20(6,7)8/h1-8H3/b16-15+. The lowest BCUT2D eigenvalue weighted by Crippen LogP contribution is -2.40. The van der Waals surface area contributed by atoms with E-state index in [2.05, 4.69) is 10.2 Å². The van der Waals surface area contributed by atoms with Gasteiger partial charge in [0.15, 0.2) is 16.6 Å². The van der Waals surface area contributed by atoms with Crippen LogP contribution in [-0.4, -0.2) is 28.1 Å². The van der Waals surface area contributed by atoms with Crippen molar-refractivity contribution in [3.8, 4) is 12.1 Å². The molecule has 0 heterocycles. The van der Waals surface area contributed by atoms with E-state index in [9.17, 15) is 10.5 Å². The number of nitrogens with zero attached hydrogens (tertiary/aromatic N) is 4.